The highest BCUT2D eigenvalue weighted by Crippen LogP contribution is 2.17. The summed E-state index contributed by atoms with van der Waals surface area (Å²) in [7, 11) is 1.69. The minimum absolute atomic E-state index is 0.0927. The average Bonchev–Trinajstić information content (AvgIpc) is 2.61. The van der Waals surface area contributed by atoms with Crippen molar-refractivity contribution in [1.82, 2.24) is 9.88 Å². The van der Waals surface area contributed by atoms with E-state index in [-0.39, 0.29) is 11.8 Å². The van der Waals surface area contributed by atoms with Crippen LogP contribution in [-0.2, 0) is 7.05 Å². The van der Waals surface area contributed by atoms with Crippen molar-refractivity contribution in [2.24, 2.45) is 12.8 Å². The minimum Gasteiger partial charge on any atom is -0.408 e. The first-order chi connectivity index (χ1) is 8.13. The Hall–Kier alpha value is -1.59. The van der Waals surface area contributed by atoms with Crippen LogP contribution in [0.15, 0.2) is 27.4 Å². The Morgan fingerprint density at radius 3 is 3.00 bits per heavy atom. The lowest BCUT2D eigenvalue weighted by molar-refractivity contribution is 0.527. The minimum atomic E-state index is -0.350. The molecule has 1 unspecified atom stereocenters. The molecule has 0 aliphatic heterocycles. The van der Waals surface area contributed by atoms with Gasteiger partial charge in [-0.3, -0.25) is 4.57 Å². The number of nitrogens with zero attached hydrogens (tertiary/aromatic N) is 1. The van der Waals surface area contributed by atoms with Crippen LogP contribution in [0.1, 0.15) is 18.5 Å². The van der Waals surface area contributed by atoms with Gasteiger partial charge in [0.2, 0.25) is 0 Å². The summed E-state index contributed by atoms with van der Waals surface area (Å²) in [5.41, 5.74) is 8.37. The largest absolute Gasteiger partial charge is 0.419 e. The second-order valence-electron chi connectivity index (χ2n) is 4.07. The molecule has 5 nitrogen and oxygen atoms in total. The second-order valence-corrected chi connectivity index (χ2v) is 4.07. The second kappa shape index (κ2) is 4.73. The lowest BCUT2D eigenvalue weighted by Gasteiger charge is -2.11. The number of rotatable bonds is 4. The van der Waals surface area contributed by atoms with Gasteiger partial charge in [0.05, 0.1) is 5.52 Å². The molecule has 0 saturated carbocycles. The Balaban J connectivity index is 2.34. The number of benzene rings is 1. The zero-order valence-electron chi connectivity index (χ0n) is 10.1. The van der Waals surface area contributed by atoms with Gasteiger partial charge in [0.15, 0.2) is 5.58 Å². The van der Waals surface area contributed by atoms with Gasteiger partial charge in [-0.1, -0.05) is 13.0 Å². The van der Waals surface area contributed by atoms with Crippen molar-refractivity contribution in [2.45, 2.75) is 13.0 Å². The number of nitrogens with two attached hydrogens (primary N) is 1. The van der Waals surface area contributed by atoms with Crippen molar-refractivity contribution in [1.29, 1.82) is 0 Å². The molecule has 5 heteroatoms. The molecule has 0 fully saturated rings. The van der Waals surface area contributed by atoms with Crippen LogP contribution in [0.25, 0.3) is 11.1 Å². The summed E-state index contributed by atoms with van der Waals surface area (Å²) < 4.78 is 6.61. The summed E-state index contributed by atoms with van der Waals surface area (Å²) in [5.74, 6) is -0.350. The Bertz CT molecular complexity index is 571. The van der Waals surface area contributed by atoms with Crippen LogP contribution in [0.4, 0.5) is 0 Å². The van der Waals surface area contributed by atoms with E-state index in [4.69, 9.17) is 10.2 Å². The van der Waals surface area contributed by atoms with Crippen LogP contribution in [0.5, 0.6) is 0 Å². The van der Waals surface area contributed by atoms with E-state index >= 15 is 0 Å². The average molecular weight is 235 g/mol. The van der Waals surface area contributed by atoms with Crippen LogP contribution in [0.2, 0.25) is 0 Å². The smallest absolute Gasteiger partial charge is 0.408 e. The molecule has 1 aromatic heterocycles. The molecule has 0 saturated heterocycles. The molecule has 17 heavy (non-hydrogen) atoms. The number of aryl methyl sites for hydroxylation is 1. The summed E-state index contributed by atoms with van der Waals surface area (Å²) in [6, 6.07) is 5.53. The Kier molecular flexibility index (Phi) is 3.31. The van der Waals surface area contributed by atoms with Crippen molar-refractivity contribution >= 4 is 11.1 Å². The quantitative estimate of drug-likeness (QED) is 0.819. The van der Waals surface area contributed by atoms with E-state index in [1.165, 1.54) is 4.57 Å². The third-order valence-electron chi connectivity index (χ3n) is 2.86. The van der Waals surface area contributed by atoms with E-state index in [9.17, 15) is 4.79 Å². The standard InChI is InChI=1S/C12H17N3O2/c1-3-14-7-9(13)8-4-5-10-11(6-8)17-12(16)15(10)2/h4-6,9,14H,3,7,13H2,1-2H3. The molecule has 0 aliphatic carbocycles. The number of likely N-dealkylation sites (N-methyl/N-ethyl adjacent to an activating group) is 1. The zero-order chi connectivity index (χ0) is 12.4. The predicted molar refractivity (Wildman–Crippen MR) is 66.9 cm³/mol. The molecule has 0 amide bonds. The molecule has 0 aliphatic rings. The van der Waals surface area contributed by atoms with Crippen LogP contribution in [0.3, 0.4) is 0 Å². The van der Waals surface area contributed by atoms with E-state index in [0.717, 1.165) is 17.6 Å². The van der Waals surface area contributed by atoms with Gasteiger partial charge >= 0.3 is 5.76 Å². The van der Waals surface area contributed by atoms with Gasteiger partial charge < -0.3 is 15.5 Å². The monoisotopic (exact) mass is 235 g/mol. The van der Waals surface area contributed by atoms with Gasteiger partial charge in [-0.2, -0.15) is 0 Å². The lowest BCUT2D eigenvalue weighted by atomic mass is 10.1. The Labute approximate surface area is 99.2 Å². The van der Waals surface area contributed by atoms with Gasteiger partial charge in [0.25, 0.3) is 0 Å². The first-order valence-electron chi connectivity index (χ1n) is 5.69. The highest BCUT2D eigenvalue weighted by molar-refractivity contribution is 5.73. The van der Waals surface area contributed by atoms with Crippen LogP contribution >= 0.6 is 0 Å². The molecule has 1 heterocycles. The fourth-order valence-corrected chi connectivity index (χ4v) is 1.80. The molecule has 1 aromatic carbocycles. The van der Waals surface area contributed by atoms with E-state index < -0.39 is 0 Å². The number of hydrogen-bond donors (Lipinski definition) is 2. The van der Waals surface area contributed by atoms with Gasteiger partial charge in [-0.15, -0.1) is 0 Å². The number of hydrogen-bond acceptors (Lipinski definition) is 4. The summed E-state index contributed by atoms with van der Waals surface area (Å²) >= 11 is 0. The molecule has 0 radical (unpaired) electrons. The number of nitrogens with one attached hydrogen (secondary N) is 1. The first-order valence-corrected chi connectivity index (χ1v) is 5.69. The van der Waals surface area contributed by atoms with Gasteiger partial charge in [-0.05, 0) is 24.2 Å². The molecule has 0 bridgehead atoms. The fourth-order valence-electron chi connectivity index (χ4n) is 1.80. The van der Waals surface area contributed by atoms with Crippen molar-refractivity contribution in [3.05, 3.63) is 34.3 Å². The normalized spacial score (nSPS) is 13.1. The van der Waals surface area contributed by atoms with Gasteiger partial charge in [-0.25, -0.2) is 4.79 Å². The zero-order valence-corrected chi connectivity index (χ0v) is 10.1. The summed E-state index contributed by atoms with van der Waals surface area (Å²) in [4.78, 5) is 11.3. The van der Waals surface area contributed by atoms with Crippen molar-refractivity contribution in [2.75, 3.05) is 13.1 Å². The topological polar surface area (TPSA) is 73.2 Å². The Morgan fingerprint density at radius 1 is 1.53 bits per heavy atom. The predicted octanol–water partition coefficient (Wildman–Crippen LogP) is 0.741. The lowest BCUT2D eigenvalue weighted by Crippen LogP contribution is -2.26. The highest BCUT2D eigenvalue weighted by Gasteiger charge is 2.10. The fraction of sp³-hybridized carbons (Fsp3) is 0.417. The maximum absolute atomic E-state index is 11.3. The van der Waals surface area contributed by atoms with E-state index in [1.54, 1.807) is 7.05 Å². The Morgan fingerprint density at radius 2 is 2.29 bits per heavy atom. The van der Waals surface area contributed by atoms with E-state index in [1.807, 2.05) is 25.1 Å². The first kappa shape index (κ1) is 11.9. The van der Waals surface area contributed by atoms with Crippen LogP contribution in [-0.4, -0.2) is 17.7 Å². The van der Waals surface area contributed by atoms with Crippen molar-refractivity contribution < 1.29 is 4.42 Å². The van der Waals surface area contributed by atoms with Crippen molar-refractivity contribution in [3.63, 3.8) is 0 Å². The number of oxazole rings is 1. The van der Waals surface area contributed by atoms with Gasteiger partial charge in [0.1, 0.15) is 0 Å². The molecule has 1 atom stereocenters. The molecular formula is C12H17N3O2. The summed E-state index contributed by atoms with van der Waals surface area (Å²) in [6.07, 6.45) is 0. The molecule has 3 N–H and O–H groups in total. The molecular weight excluding hydrogens is 218 g/mol. The maximum Gasteiger partial charge on any atom is 0.419 e. The van der Waals surface area contributed by atoms with Crippen molar-refractivity contribution in [3.8, 4) is 0 Å². The highest BCUT2D eigenvalue weighted by atomic mass is 16.4. The van der Waals surface area contributed by atoms with Crippen LogP contribution < -0.4 is 16.8 Å². The molecule has 0 spiro atoms. The summed E-state index contributed by atoms with van der Waals surface area (Å²) in [5, 5.41) is 3.19. The number of aromatic nitrogens is 1. The molecule has 2 rings (SSSR count). The molecule has 2 aromatic rings. The van der Waals surface area contributed by atoms with E-state index in [2.05, 4.69) is 5.32 Å². The third-order valence-corrected chi connectivity index (χ3v) is 2.86. The third kappa shape index (κ3) is 2.25. The van der Waals surface area contributed by atoms with E-state index in [0.29, 0.717) is 12.1 Å². The summed E-state index contributed by atoms with van der Waals surface area (Å²) in [6.45, 7) is 3.63. The molecule has 92 valence electrons. The maximum atomic E-state index is 11.3. The SMILES string of the molecule is CCNCC(N)c1ccc2c(c1)oc(=O)n2C. The number of fused-ring (bicyclic) bond motifs is 1. The van der Waals surface area contributed by atoms with Gasteiger partial charge in [0, 0.05) is 19.6 Å². The van der Waals surface area contributed by atoms with Crippen LogP contribution in [0, 0.1) is 0 Å².